The van der Waals surface area contributed by atoms with Gasteiger partial charge in [-0.1, -0.05) is 64.7 Å². The van der Waals surface area contributed by atoms with Gasteiger partial charge in [0, 0.05) is 0 Å². The van der Waals surface area contributed by atoms with Crippen molar-refractivity contribution in [1.82, 2.24) is 0 Å². The second kappa shape index (κ2) is 12.3. The Morgan fingerprint density at radius 3 is 1.92 bits per heavy atom. The molecule has 0 aromatic heterocycles. The molecule has 0 aliphatic carbocycles. The third-order valence-electron chi connectivity index (χ3n) is 4.22. The highest BCUT2D eigenvalue weighted by Crippen LogP contribution is 2.21. The molecule has 6 nitrogen and oxygen atoms in total. The summed E-state index contributed by atoms with van der Waals surface area (Å²) in [6.07, 6.45) is 12.7. The molecule has 0 spiro atoms. The maximum absolute atomic E-state index is 12.0. The lowest BCUT2D eigenvalue weighted by Gasteiger charge is -2.31. The first-order valence-electron chi connectivity index (χ1n) is 9.38. The fourth-order valence-corrected chi connectivity index (χ4v) is 2.74. The number of esters is 1. The van der Waals surface area contributed by atoms with Crippen LogP contribution in [-0.4, -0.2) is 37.5 Å². The van der Waals surface area contributed by atoms with Crippen molar-refractivity contribution in [3.8, 4) is 0 Å². The van der Waals surface area contributed by atoms with E-state index in [0.29, 0.717) is 6.42 Å². The lowest BCUT2D eigenvalue weighted by atomic mass is 10.1. The molecule has 6 heteroatoms. The molecule has 24 heavy (non-hydrogen) atoms. The van der Waals surface area contributed by atoms with E-state index in [4.69, 9.17) is 19.9 Å². The Hall–Kier alpha value is -1.14. The van der Waals surface area contributed by atoms with E-state index in [-0.39, 0.29) is 19.8 Å². The highest BCUT2D eigenvalue weighted by molar-refractivity contribution is 6.03. The van der Waals surface area contributed by atoms with Crippen LogP contribution in [0.4, 0.5) is 0 Å². The molecular weight excluding hydrogens is 310 g/mol. The van der Waals surface area contributed by atoms with E-state index in [0.717, 1.165) is 19.3 Å². The standard InChI is InChI=1S/C18H33NO5/c1-2-3-4-5-6-7-8-9-10-11-13-22-17(21)18(16(19)20)23-14-12-15-24-18/h2-15H2,1H3,(H2,19,20). The Labute approximate surface area is 145 Å². The molecule has 1 aliphatic rings. The summed E-state index contributed by atoms with van der Waals surface area (Å²) in [6.45, 7) is 3.01. The van der Waals surface area contributed by atoms with Crippen molar-refractivity contribution in [2.24, 2.45) is 5.73 Å². The van der Waals surface area contributed by atoms with Gasteiger partial charge in [0.2, 0.25) is 0 Å². The highest BCUT2D eigenvalue weighted by Gasteiger charge is 2.51. The van der Waals surface area contributed by atoms with Gasteiger partial charge in [0.1, 0.15) is 0 Å². The molecule has 0 unspecified atom stereocenters. The second-order valence-corrected chi connectivity index (χ2v) is 6.35. The number of unbranched alkanes of at least 4 members (excludes halogenated alkanes) is 9. The zero-order chi connectivity index (χ0) is 17.7. The van der Waals surface area contributed by atoms with Crippen LogP contribution in [0.2, 0.25) is 0 Å². The molecule has 1 amide bonds. The minimum absolute atomic E-state index is 0.260. The summed E-state index contributed by atoms with van der Waals surface area (Å²) in [6, 6.07) is 0. The zero-order valence-corrected chi connectivity index (χ0v) is 15.0. The number of hydrogen-bond acceptors (Lipinski definition) is 5. The number of carbonyl (C=O) groups is 2. The number of rotatable bonds is 13. The SMILES string of the molecule is CCCCCCCCCCCCOC(=O)C1(C(N)=O)OCCCO1. The summed E-state index contributed by atoms with van der Waals surface area (Å²) >= 11 is 0. The predicted molar refractivity (Wildman–Crippen MR) is 91.2 cm³/mol. The second-order valence-electron chi connectivity index (χ2n) is 6.35. The molecule has 140 valence electrons. The molecule has 1 aliphatic heterocycles. The van der Waals surface area contributed by atoms with Crippen molar-refractivity contribution in [2.45, 2.75) is 83.3 Å². The minimum Gasteiger partial charge on any atom is -0.461 e. The molecule has 0 bridgehead atoms. The molecule has 1 rings (SSSR count). The smallest absolute Gasteiger partial charge is 0.377 e. The Morgan fingerprint density at radius 1 is 0.917 bits per heavy atom. The Kier molecular flexibility index (Phi) is 10.7. The van der Waals surface area contributed by atoms with Gasteiger partial charge in [-0.3, -0.25) is 4.79 Å². The Balaban J connectivity index is 2.05. The van der Waals surface area contributed by atoms with Gasteiger partial charge in [0.25, 0.3) is 5.91 Å². The van der Waals surface area contributed by atoms with Gasteiger partial charge in [-0.25, -0.2) is 4.79 Å². The van der Waals surface area contributed by atoms with Crippen molar-refractivity contribution in [2.75, 3.05) is 19.8 Å². The average Bonchev–Trinajstić information content (AvgIpc) is 2.60. The fraction of sp³-hybridized carbons (Fsp3) is 0.889. The van der Waals surface area contributed by atoms with Crippen LogP contribution in [0, 0.1) is 0 Å². The number of carbonyl (C=O) groups excluding carboxylic acids is 2. The van der Waals surface area contributed by atoms with Crippen LogP contribution < -0.4 is 5.73 Å². The van der Waals surface area contributed by atoms with Gasteiger partial charge >= 0.3 is 11.8 Å². The van der Waals surface area contributed by atoms with Crippen molar-refractivity contribution in [3.63, 3.8) is 0 Å². The molecule has 2 N–H and O–H groups in total. The van der Waals surface area contributed by atoms with E-state index in [2.05, 4.69) is 6.92 Å². The summed E-state index contributed by atoms with van der Waals surface area (Å²) < 4.78 is 15.5. The Bertz CT molecular complexity index is 366. The quantitative estimate of drug-likeness (QED) is 0.315. The summed E-state index contributed by atoms with van der Waals surface area (Å²) in [5.74, 6) is -3.82. The first kappa shape index (κ1) is 20.9. The molecule has 1 heterocycles. The number of ether oxygens (including phenoxy) is 3. The summed E-state index contributed by atoms with van der Waals surface area (Å²) in [4.78, 5) is 23.5. The molecule has 1 fully saturated rings. The number of primary amides is 1. The molecule has 1 saturated heterocycles. The molecule has 0 aromatic rings. The topological polar surface area (TPSA) is 87.9 Å². The molecule has 0 saturated carbocycles. The molecular formula is C18H33NO5. The lowest BCUT2D eigenvalue weighted by molar-refractivity contribution is -0.257. The van der Waals surface area contributed by atoms with E-state index in [1.165, 1.54) is 44.9 Å². The largest absolute Gasteiger partial charge is 0.461 e. The van der Waals surface area contributed by atoms with E-state index >= 15 is 0 Å². The monoisotopic (exact) mass is 343 g/mol. The third kappa shape index (κ3) is 7.18. The van der Waals surface area contributed by atoms with Crippen LogP contribution >= 0.6 is 0 Å². The minimum atomic E-state index is -2.04. The van der Waals surface area contributed by atoms with Gasteiger partial charge in [0.05, 0.1) is 19.8 Å². The van der Waals surface area contributed by atoms with E-state index < -0.39 is 17.7 Å². The van der Waals surface area contributed by atoms with Gasteiger partial charge in [0.15, 0.2) is 0 Å². The third-order valence-corrected chi connectivity index (χ3v) is 4.22. The van der Waals surface area contributed by atoms with Crippen LogP contribution in [0.25, 0.3) is 0 Å². The van der Waals surface area contributed by atoms with Crippen LogP contribution in [0.1, 0.15) is 77.6 Å². The summed E-state index contributed by atoms with van der Waals surface area (Å²) in [5.41, 5.74) is 5.24. The normalized spacial score (nSPS) is 16.7. The van der Waals surface area contributed by atoms with Gasteiger partial charge < -0.3 is 19.9 Å². The summed E-state index contributed by atoms with van der Waals surface area (Å²) in [5, 5.41) is 0. The van der Waals surface area contributed by atoms with E-state index in [1.54, 1.807) is 0 Å². The first-order valence-corrected chi connectivity index (χ1v) is 9.38. The van der Waals surface area contributed by atoms with Crippen molar-refractivity contribution < 1.29 is 23.8 Å². The van der Waals surface area contributed by atoms with Crippen LogP contribution in [0.3, 0.4) is 0 Å². The Morgan fingerprint density at radius 2 is 1.42 bits per heavy atom. The van der Waals surface area contributed by atoms with Crippen LogP contribution in [0.15, 0.2) is 0 Å². The fourth-order valence-electron chi connectivity index (χ4n) is 2.74. The lowest BCUT2D eigenvalue weighted by Crippen LogP contribution is -2.58. The number of hydrogen-bond donors (Lipinski definition) is 1. The average molecular weight is 343 g/mol. The molecule has 0 radical (unpaired) electrons. The number of nitrogens with two attached hydrogens (primary N) is 1. The predicted octanol–water partition coefficient (Wildman–Crippen LogP) is 3.07. The van der Waals surface area contributed by atoms with Crippen LogP contribution in [-0.2, 0) is 23.8 Å². The highest BCUT2D eigenvalue weighted by atomic mass is 16.7. The van der Waals surface area contributed by atoms with Gasteiger partial charge in [-0.05, 0) is 12.8 Å². The van der Waals surface area contributed by atoms with E-state index in [1.807, 2.05) is 0 Å². The maximum Gasteiger partial charge on any atom is 0.377 e. The van der Waals surface area contributed by atoms with E-state index in [9.17, 15) is 9.59 Å². The first-order chi connectivity index (χ1) is 11.6. The van der Waals surface area contributed by atoms with Crippen molar-refractivity contribution >= 4 is 11.9 Å². The molecule has 0 atom stereocenters. The molecule has 0 aromatic carbocycles. The van der Waals surface area contributed by atoms with Crippen molar-refractivity contribution in [3.05, 3.63) is 0 Å². The van der Waals surface area contributed by atoms with Gasteiger partial charge in [-0.2, -0.15) is 0 Å². The summed E-state index contributed by atoms with van der Waals surface area (Å²) in [7, 11) is 0. The van der Waals surface area contributed by atoms with Crippen molar-refractivity contribution in [1.29, 1.82) is 0 Å². The van der Waals surface area contributed by atoms with Gasteiger partial charge in [-0.15, -0.1) is 0 Å². The number of amides is 1. The van der Waals surface area contributed by atoms with Crippen LogP contribution in [0.5, 0.6) is 0 Å². The maximum atomic E-state index is 12.0. The zero-order valence-electron chi connectivity index (χ0n) is 15.0.